The molecule has 1 amide bonds. The smallest absolute Gasteiger partial charge is 0.257 e. The van der Waals surface area contributed by atoms with Gasteiger partial charge in [0.25, 0.3) is 5.91 Å². The van der Waals surface area contributed by atoms with E-state index in [1.165, 1.54) is 0 Å². The van der Waals surface area contributed by atoms with Crippen molar-refractivity contribution in [1.29, 1.82) is 0 Å². The van der Waals surface area contributed by atoms with Crippen LogP contribution in [0.1, 0.15) is 11.6 Å². The molecule has 0 saturated carbocycles. The number of aromatic nitrogens is 1. The standard InChI is InChI=1S/C17H18N4O/c18-14-6-7-15-13(11-14)8-9-21(15)16(17(22)20-19)10-12-4-2-1-3-5-12/h1-9,11,16H,10,18-19H2,(H,20,22). The molecule has 3 rings (SSSR count). The van der Waals surface area contributed by atoms with Crippen molar-refractivity contribution in [1.82, 2.24) is 9.99 Å². The highest BCUT2D eigenvalue weighted by Crippen LogP contribution is 2.24. The Morgan fingerprint density at radius 3 is 2.64 bits per heavy atom. The summed E-state index contributed by atoms with van der Waals surface area (Å²) in [6.07, 6.45) is 2.46. The van der Waals surface area contributed by atoms with Gasteiger partial charge >= 0.3 is 0 Å². The number of nitrogens with two attached hydrogens (primary N) is 2. The van der Waals surface area contributed by atoms with Gasteiger partial charge in [-0.25, -0.2) is 5.84 Å². The Balaban J connectivity index is 2.02. The van der Waals surface area contributed by atoms with Crippen LogP contribution in [0.5, 0.6) is 0 Å². The summed E-state index contributed by atoms with van der Waals surface area (Å²) in [5.41, 5.74) is 10.8. The summed E-state index contributed by atoms with van der Waals surface area (Å²) in [4.78, 5) is 12.2. The van der Waals surface area contributed by atoms with E-state index in [4.69, 9.17) is 11.6 Å². The Morgan fingerprint density at radius 1 is 1.14 bits per heavy atom. The molecule has 0 aliphatic carbocycles. The van der Waals surface area contributed by atoms with Gasteiger partial charge in [0, 0.05) is 29.2 Å². The Labute approximate surface area is 128 Å². The first-order valence-corrected chi connectivity index (χ1v) is 7.09. The third-order valence-corrected chi connectivity index (χ3v) is 3.80. The van der Waals surface area contributed by atoms with E-state index in [1.807, 2.05) is 65.4 Å². The Morgan fingerprint density at radius 2 is 1.91 bits per heavy atom. The van der Waals surface area contributed by atoms with E-state index in [9.17, 15) is 4.79 Å². The number of nitrogen functional groups attached to an aromatic ring is 1. The molecule has 3 aromatic rings. The van der Waals surface area contributed by atoms with Crippen molar-refractivity contribution in [2.24, 2.45) is 5.84 Å². The lowest BCUT2D eigenvalue weighted by Gasteiger charge is -2.19. The predicted molar refractivity (Wildman–Crippen MR) is 87.9 cm³/mol. The summed E-state index contributed by atoms with van der Waals surface area (Å²) >= 11 is 0. The number of hydrazine groups is 1. The molecule has 0 radical (unpaired) electrons. The minimum absolute atomic E-state index is 0.224. The number of fused-ring (bicyclic) bond motifs is 1. The monoisotopic (exact) mass is 294 g/mol. The normalized spacial score (nSPS) is 12.2. The van der Waals surface area contributed by atoms with Gasteiger partial charge in [-0.15, -0.1) is 0 Å². The van der Waals surface area contributed by atoms with E-state index in [-0.39, 0.29) is 5.91 Å². The third kappa shape index (κ3) is 2.66. The Hall–Kier alpha value is -2.79. The molecule has 0 saturated heterocycles. The molecule has 1 heterocycles. The number of carbonyl (C=O) groups excluding carboxylic acids is 1. The molecular formula is C17H18N4O. The lowest BCUT2D eigenvalue weighted by atomic mass is 10.1. The maximum atomic E-state index is 12.2. The molecule has 112 valence electrons. The number of nitrogens with zero attached hydrogens (tertiary/aromatic N) is 1. The van der Waals surface area contributed by atoms with E-state index in [0.717, 1.165) is 16.5 Å². The summed E-state index contributed by atoms with van der Waals surface area (Å²) < 4.78 is 1.93. The Bertz CT molecular complexity index is 795. The Kier molecular flexibility index (Phi) is 3.80. The van der Waals surface area contributed by atoms with Gasteiger partial charge in [0.15, 0.2) is 0 Å². The molecule has 0 fully saturated rings. The van der Waals surface area contributed by atoms with Crippen LogP contribution < -0.4 is 17.0 Å². The number of rotatable bonds is 4. The minimum Gasteiger partial charge on any atom is -0.399 e. The van der Waals surface area contributed by atoms with Crippen molar-refractivity contribution in [3.8, 4) is 0 Å². The molecule has 2 aromatic carbocycles. The highest BCUT2D eigenvalue weighted by molar-refractivity contribution is 5.87. The molecule has 0 aliphatic rings. The lowest BCUT2D eigenvalue weighted by Crippen LogP contribution is -2.38. The van der Waals surface area contributed by atoms with Crippen LogP contribution in [0.25, 0.3) is 10.9 Å². The molecule has 1 unspecified atom stereocenters. The SMILES string of the molecule is NNC(=O)C(Cc1ccccc1)n1ccc2cc(N)ccc21. The van der Waals surface area contributed by atoms with Crippen molar-refractivity contribution in [3.05, 3.63) is 66.4 Å². The van der Waals surface area contributed by atoms with Gasteiger partial charge in [0.05, 0.1) is 0 Å². The average Bonchev–Trinajstić information content (AvgIpc) is 2.95. The van der Waals surface area contributed by atoms with Crippen LogP contribution in [0.3, 0.4) is 0 Å². The zero-order valence-corrected chi connectivity index (χ0v) is 12.1. The summed E-state index contributed by atoms with van der Waals surface area (Å²) in [7, 11) is 0. The van der Waals surface area contributed by atoms with Crippen LogP contribution in [0.4, 0.5) is 5.69 Å². The van der Waals surface area contributed by atoms with Crippen molar-refractivity contribution < 1.29 is 4.79 Å². The fourth-order valence-electron chi connectivity index (χ4n) is 2.71. The van der Waals surface area contributed by atoms with Gasteiger partial charge < -0.3 is 10.3 Å². The van der Waals surface area contributed by atoms with E-state index < -0.39 is 6.04 Å². The van der Waals surface area contributed by atoms with Gasteiger partial charge in [-0.1, -0.05) is 30.3 Å². The molecular weight excluding hydrogens is 276 g/mol. The first-order chi connectivity index (χ1) is 10.7. The topological polar surface area (TPSA) is 86.1 Å². The van der Waals surface area contributed by atoms with Crippen molar-refractivity contribution in [2.45, 2.75) is 12.5 Å². The summed E-state index contributed by atoms with van der Waals surface area (Å²) in [6.45, 7) is 0. The molecule has 5 nitrogen and oxygen atoms in total. The van der Waals surface area contributed by atoms with Crippen molar-refractivity contribution in [2.75, 3.05) is 5.73 Å². The molecule has 5 heteroatoms. The van der Waals surface area contributed by atoms with E-state index in [1.54, 1.807) is 0 Å². The van der Waals surface area contributed by atoms with Gasteiger partial charge in [0.1, 0.15) is 6.04 Å². The molecule has 0 aliphatic heterocycles. The molecule has 0 spiro atoms. The number of anilines is 1. The number of nitrogens with one attached hydrogen (secondary N) is 1. The van der Waals surface area contributed by atoms with Crippen LogP contribution in [-0.4, -0.2) is 10.5 Å². The van der Waals surface area contributed by atoms with E-state index in [0.29, 0.717) is 12.1 Å². The second-order valence-corrected chi connectivity index (χ2v) is 5.26. The maximum absolute atomic E-state index is 12.2. The maximum Gasteiger partial charge on any atom is 0.257 e. The zero-order valence-electron chi connectivity index (χ0n) is 12.1. The van der Waals surface area contributed by atoms with Crippen LogP contribution >= 0.6 is 0 Å². The summed E-state index contributed by atoms with van der Waals surface area (Å²) in [5.74, 6) is 5.14. The molecule has 0 bridgehead atoms. The minimum atomic E-state index is -0.409. The van der Waals surface area contributed by atoms with Crippen LogP contribution in [0, 0.1) is 0 Å². The zero-order chi connectivity index (χ0) is 15.5. The first kappa shape index (κ1) is 14.2. The number of carbonyl (C=O) groups is 1. The summed E-state index contributed by atoms with van der Waals surface area (Å²) in [6, 6.07) is 17.1. The second-order valence-electron chi connectivity index (χ2n) is 5.26. The van der Waals surface area contributed by atoms with Gasteiger partial charge in [-0.05, 0) is 29.8 Å². The fraction of sp³-hybridized carbons (Fsp3) is 0.118. The van der Waals surface area contributed by atoms with Crippen LogP contribution in [-0.2, 0) is 11.2 Å². The third-order valence-electron chi connectivity index (χ3n) is 3.80. The van der Waals surface area contributed by atoms with E-state index in [2.05, 4.69) is 5.43 Å². The van der Waals surface area contributed by atoms with Crippen molar-refractivity contribution in [3.63, 3.8) is 0 Å². The second kappa shape index (κ2) is 5.91. The molecule has 5 N–H and O–H groups in total. The number of amides is 1. The highest BCUT2D eigenvalue weighted by Gasteiger charge is 2.21. The number of benzene rings is 2. The van der Waals surface area contributed by atoms with Crippen molar-refractivity contribution >= 4 is 22.5 Å². The van der Waals surface area contributed by atoms with Gasteiger partial charge in [-0.3, -0.25) is 10.2 Å². The average molecular weight is 294 g/mol. The molecule has 1 aromatic heterocycles. The number of hydrogen-bond donors (Lipinski definition) is 3. The highest BCUT2D eigenvalue weighted by atomic mass is 16.2. The largest absolute Gasteiger partial charge is 0.399 e. The number of hydrogen-bond acceptors (Lipinski definition) is 3. The predicted octanol–water partition coefficient (Wildman–Crippen LogP) is 2.00. The first-order valence-electron chi connectivity index (χ1n) is 7.09. The van der Waals surface area contributed by atoms with Crippen LogP contribution in [0.2, 0.25) is 0 Å². The lowest BCUT2D eigenvalue weighted by molar-refractivity contribution is -0.124. The van der Waals surface area contributed by atoms with Crippen LogP contribution in [0.15, 0.2) is 60.8 Å². The molecule has 1 atom stereocenters. The van der Waals surface area contributed by atoms with E-state index >= 15 is 0 Å². The van der Waals surface area contributed by atoms with Gasteiger partial charge in [-0.2, -0.15) is 0 Å². The molecule has 22 heavy (non-hydrogen) atoms. The van der Waals surface area contributed by atoms with Gasteiger partial charge in [0.2, 0.25) is 0 Å². The summed E-state index contributed by atoms with van der Waals surface area (Å²) in [5, 5.41) is 1.00. The fourth-order valence-corrected chi connectivity index (χ4v) is 2.71. The quantitative estimate of drug-likeness (QED) is 0.298.